The van der Waals surface area contributed by atoms with Crippen LogP contribution in [0.15, 0.2) is 48.7 Å². The van der Waals surface area contributed by atoms with Gasteiger partial charge in [0.1, 0.15) is 11.5 Å². The fourth-order valence-corrected chi connectivity index (χ4v) is 3.39. The molecule has 1 saturated heterocycles. The highest BCUT2D eigenvalue weighted by Gasteiger charge is 2.28. The summed E-state index contributed by atoms with van der Waals surface area (Å²) in [5.41, 5.74) is 1.48. The quantitative estimate of drug-likeness (QED) is 0.762. The summed E-state index contributed by atoms with van der Waals surface area (Å²) in [6, 6.07) is 11.6. The zero-order valence-corrected chi connectivity index (χ0v) is 15.2. The second-order valence-corrected chi connectivity index (χ2v) is 6.88. The van der Waals surface area contributed by atoms with E-state index in [0.29, 0.717) is 25.2 Å². The summed E-state index contributed by atoms with van der Waals surface area (Å²) in [5.74, 6) is -0.372. The van der Waals surface area contributed by atoms with E-state index < -0.39 is 0 Å². The van der Waals surface area contributed by atoms with Crippen molar-refractivity contribution in [2.45, 2.75) is 19.3 Å². The number of pyridine rings is 1. The van der Waals surface area contributed by atoms with E-state index in [1.165, 1.54) is 12.1 Å². The van der Waals surface area contributed by atoms with Crippen LogP contribution in [0.25, 0.3) is 0 Å². The summed E-state index contributed by atoms with van der Waals surface area (Å²) < 4.78 is 12.9. The zero-order chi connectivity index (χ0) is 19.1. The molecule has 1 aliphatic heterocycles. The molecule has 3 rings (SSSR count). The number of rotatable bonds is 7. The first-order valence-electron chi connectivity index (χ1n) is 9.30. The van der Waals surface area contributed by atoms with Crippen molar-refractivity contribution < 1.29 is 14.0 Å². The summed E-state index contributed by atoms with van der Waals surface area (Å²) in [5, 5.41) is 2.90. The average Bonchev–Trinajstić information content (AvgIpc) is 2.70. The van der Waals surface area contributed by atoms with E-state index in [1.54, 1.807) is 30.5 Å². The molecule has 1 amide bonds. The van der Waals surface area contributed by atoms with Crippen LogP contribution in [0.3, 0.4) is 0 Å². The Labute approximate surface area is 158 Å². The first-order chi connectivity index (χ1) is 13.1. The molecule has 0 aliphatic carbocycles. The molecule has 1 N–H and O–H groups in total. The van der Waals surface area contributed by atoms with Gasteiger partial charge in [0.05, 0.1) is 6.54 Å². The zero-order valence-electron chi connectivity index (χ0n) is 15.2. The third-order valence-corrected chi connectivity index (χ3v) is 4.81. The van der Waals surface area contributed by atoms with Crippen molar-refractivity contribution in [3.05, 3.63) is 65.7 Å². The number of amides is 1. The lowest BCUT2D eigenvalue weighted by atomic mass is 9.92. The van der Waals surface area contributed by atoms with Crippen molar-refractivity contribution in [3.63, 3.8) is 0 Å². The highest BCUT2D eigenvalue weighted by Crippen LogP contribution is 2.20. The van der Waals surface area contributed by atoms with Crippen molar-refractivity contribution >= 4 is 11.7 Å². The van der Waals surface area contributed by atoms with Crippen LogP contribution in [0.4, 0.5) is 4.39 Å². The molecule has 0 radical (unpaired) electrons. The van der Waals surface area contributed by atoms with E-state index in [0.717, 1.165) is 24.9 Å². The predicted octanol–water partition coefficient (Wildman–Crippen LogP) is 2.47. The summed E-state index contributed by atoms with van der Waals surface area (Å²) in [4.78, 5) is 30.9. The van der Waals surface area contributed by atoms with Gasteiger partial charge >= 0.3 is 0 Å². The predicted molar refractivity (Wildman–Crippen MR) is 101 cm³/mol. The molecule has 0 bridgehead atoms. The second-order valence-electron chi connectivity index (χ2n) is 6.88. The number of ketones is 1. The number of nitrogens with zero attached hydrogens (tertiary/aromatic N) is 2. The maximum atomic E-state index is 12.9. The van der Waals surface area contributed by atoms with Crippen LogP contribution in [-0.4, -0.2) is 47.8 Å². The summed E-state index contributed by atoms with van der Waals surface area (Å²) in [7, 11) is 0. The van der Waals surface area contributed by atoms with Gasteiger partial charge < -0.3 is 5.32 Å². The highest BCUT2D eigenvalue weighted by molar-refractivity contribution is 5.96. The van der Waals surface area contributed by atoms with Gasteiger partial charge in [-0.15, -0.1) is 0 Å². The van der Waals surface area contributed by atoms with Gasteiger partial charge in [0.15, 0.2) is 5.78 Å². The minimum atomic E-state index is -0.261. The minimum Gasteiger partial charge on any atom is -0.355 e. The van der Waals surface area contributed by atoms with Crippen LogP contribution in [-0.2, 0) is 11.2 Å². The molecular formula is C21H24FN3O2. The van der Waals surface area contributed by atoms with E-state index in [4.69, 9.17) is 0 Å². The molecule has 142 valence electrons. The Hall–Kier alpha value is -2.60. The van der Waals surface area contributed by atoms with Crippen molar-refractivity contribution in [1.29, 1.82) is 0 Å². The molecule has 0 unspecified atom stereocenters. The van der Waals surface area contributed by atoms with Crippen molar-refractivity contribution in [1.82, 2.24) is 15.2 Å². The Kier molecular flexibility index (Phi) is 6.65. The molecule has 27 heavy (non-hydrogen) atoms. The second kappa shape index (κ2) is 9.37. The maximum Gasteiger partial charge on any atom is 0.234 e. The SMILES string of the molecule is O=C(CN1CCC[C@@H](C(=O)c2ccccn2)C1)NCCc1ccc(F)cc1. The number of nitrogens with one attached hydrogen (secondary N) is 1. The Morgan fingerprint density at radius 3 is 2.74 bits per heavy atom. The number of hydrogen-bond acceptors (Lipinski definition) is 4. The van der Waals surface area contributed by atoms with Gasteiger partial charge in [-0.05, 0) is 55.6 Å². The van der Waals surface area contributed by atoms with Crippen LogP contribution in [0.1, 0.15) is 28.9 Å². The first-order valence-corrected chi connectivity index (χ1v) is 9.30. The summed E-state index contributed by atoms with van der Waals surface area (Å²) in [6.45, 7) is 2.20. The Morgan fingerprint density at radius 1 is 1.19 bits per heavy atom. The first kappa shape index (κ1) is 19.2. The molecule has 0 spiro atoms. The normalized spacial score (nSPS) is 17.4. The Morgan fingerprint density at radius 2 is 2.00 bits per heavy atom. The fraction of sp³-hybridized carbons (Fsp3) is 0.381. The molecule has 6 heteroatoms. The van der Waals surface area contributed by atoms with Crippen molar-refractivity contribution in [2.75, 3.05) is 26.2 Å². The van der Waals surface area contributed by atoms with Crippen LogP contribution in [0, 0.1) is 11.7 Å². The molecule has 1 atom stereocenters. The number of likely N-dealkylation sites (tertiary alicyclic amines) is 1. The van der Waals surface area contributed by atoms with Crippen LogP contribution < -0.4 is 5.32 Å². The minimum absolute atomic E-state index is 0.0527. The molecule has 1 fully saturated rings. The Balaban J connectivity index is 1.43. The fourth-order valence-electron chi connectivity index (χ4n) is 3.39. The van der Waals surface area contributed by atoms with E-state index in [2.05, 4.69) is 10.3 Å². The van der Waals surface area contributed by atoms with Gasteiger partial charge in [-0.25, -0.2) is 4.39 Å². The third-order valence-electron chi connectivity index (χ3n) is 4.81. The topological polar surface area (TPSA) is 62.3 Å². The van der Waals surface area contributed by atoms with Crippen LogP contribution in [0.5, 0.6) is 0 Å². The lowest BCUT2D eigenvalue weighted by Crippen LogP contribution is -2.44. The van der Waals surface area contributed by atoms with E-state index in [9.17, 15) is 14.0 Å². The van der Waals surface area contributed by atoms with Gasteiger partial charge in [-0.3, -0.25) is 19.5 Å². The number of halogens is 1. The molecular weight excluding hydrogens is 345 g/mol. The molecule has 1 aromatic heterocycles. The van der Waals surface area contributed by atoms with E-state index >= 15 is 0 Å². The number of benzene rings is 1. The van der Waals surface area contributed by atoms with Crippen molar-refractivity contribution in [2.24, 2.45) is 5.92 Å². The van der Waals surface area contributed by atoms with Gasteiger partial charge in [0.2, 0.25) is 5.91 Å². The number of hydrogen-bond donors (Lipinski definition) is 1. The largest absolute Gasteiger partial charge is 0.355 e. The number of carbonyl (C=O) groups is 2. The summed E-state index contributed by atoms with van der Waals surface area (Å²) >= 11 is 0. The lowest BCUT2D eigenvalue weighted by molar-refractivity contribution is -0.122. The number of Topliss-reactive ketones (excluding diaryl/α,β-unsaturated/α-hetero) is 1. The van der Waals surface area contributed by atoms with E-state index in [1.807, 2.05) is 11.0 Å². The smallest absolute Gasteiger partial charge is 0.234 e. The molecule has 0 saturated carbocycles. The average molecular weight is 369 g/mol. The lowest BCUT2D eigenvalue weighted by Gasteiger charge is -2.31. The highest BCUT2D eigenvalue weighted by atomic mass is 19.1. The van der Waals surface area contributed by atoms with Gasteiger partial charge in [0, 0.05) is 25.2 Å². The van der Waals surface area contributed by atoms with Gasteiger partial charge in [-0.2, -0.15) is 0 Å². The maximum absolute atomic E-state index is 12.9. The summed E-state index contributed by atoms with van der Waals surface area (Å²) in [6.07, 6.45) is 4.01. The molecule has 2 aromatic rings. The van der Waals surface area contributed by atoms with Gasteiger partial charge in [0.25, 0.3) is 0 Å². The van der Waals surface area contributed by atoms with Crippen molar-refractivity contribution in [3.8, 4) is 0 Å². The van der Waals surface area contributed by atoms with Crippen LogP contribution in [0.2, 0.25) is 0 Å². The molecule has 1 aromatic carbocycles. The third kappa shape index (κ3) is 5.69. The molecule has 5 nitrogen and oxygen atoms in total. The standard InChI is InChI=1S/C21H24FN3O2/c22-18-8-6-16(7-9-18)10-12-24-20(26)15-25-13-3-4-17(14-25)21(27)19-5-1-2-11-23-19/h1-2,5-9,11,17H,3-4,10,12-15H2,(H,24,26)/t17-/m1/s1. The molecule has 2 heterocycles. The van der Waals surface area contributed by atoms with Crippen LogP contribution >= 0.6 is 0 Å². The molecule has 1 aliphatic rings. The van der Waals surface area contributed by atoms with Gasteiger partial charge in [-0.1, -0.05) is 18.2 Å². The number of aromatic nitrogens is 1. The Bertz CT molecular complexity index is 765. The monoisotopic (exact) mass is 369 g/mol. The van der Waals surface area contributed by atoms with E-state index in [-0.39, 0.29) is 30.0 Å². The number of carbonyl (C=O) groups excluding carboxylic acids is 2. The number of piperidine rings is 1.